The van der Waals surface area contributed by atoms with Gasteiger partial charge in [-0.15, -0.1) is 0 Å². The topological polar surface area (TPSA) is 74.8 Å². The highest BCUT2D eigenvalue weighted by Crippen LogP contribution is 2.38. The molecule has 1 aliphatic carbocycles. The summed E-state index contributed by atoms with van der Waals surface area (Å²) >= 11 is 0. The van der Waals surface area contributed by atoms with Gasteiger partial charge in [0.15, 0.2) is 0 Å². The minimum Gasteiger partial charge on any atom is -0.275 e. The molecule has 112 valence electrons. The summed E-state index contributed by atoms with van der Waals surface area (Å²) in [5, 5.41) is 0. The maximum atomic E-state index is 12.1. The van der Waals surface area contributed by atoms with Crippen molar-refractivity contribution < 1.29 is 19.2 Å². The number of likely N-dealkylation sites (tertiary alicyclic amines) is 1. The van der Waals surface area contributed by atoms with E-state index in [0.717, 1.165) is 24.2 Å². The van der Waals surface area contributed by atoms with Gasteiger partial charge >= 0.3 is 0 Å². The van der Waals surface area contributed by atoms with E-state index in [-0.39, 0.29) is 43.0 Å². The monoisotopic (exact) mass is 290 g/mol. The summed E-state index contributed by atoms with van der Waals surface area (Å²) in [5.74, 6) is -1.06. The Bertz CT molecular complexity index is 512. The molecule has 2 fully saturated rings. The third kappa shape index (κ3) is 2.28. The van der Waals surface area contributed by atoms with Crippen LogP contribution in [0.2, 0.25) is 0 Å². The molecule has 3 rings (SSSR count). The van der Waals surface area contributed by atoms with E-state index in [1.54, 1.807) is 0 Å². The maximum absolute atomic E-state index is 12.1. The Hall–Kier alpha value is -1.98. The molecule has 1 saturated heterocycles. The van der Waals surface area contributed by atoms with Crippen molar-refractivity contribution in [3.05, 3.63) is 12.2 Å². The van der Waals surface area contributed by atoms with Crippen molar-refractivity contribution in [3.8, 4) is 0 Å². The summed E-state index contributed by atoms with van der Waals surface area (Å²) in [6.07, 6.45) is 7.16. The zero-order chi connectivity index (χ0) is 15.0. The number of hydrogen-bond donors (Lipinski definition) is 0. The second-order valence-corrected chi connectivity index (χ2v) is 6.00. The first-order chi connectivity index (χ1) is 10.0. The van der Waals surface area contributed by atoms with Gasteiger partial charge in [-0.2, -0.15) is 0 Å². The van der Waals surface area contributed by atoms with Crippen molar-refractivity contribution >= 4 is 23.6 Å². The van der Waals surface area contributed by atoms with Crippen LogP contribution in [0.15, 0.2) is 12.2 Å². The first kappa shape index (κ1) is 14.0. The summed E-state index contributed by atoms with van der Waals surface area (Å²) in [5.41, 5.74) is -0.694. The zero-order valence-electron chi connectivity index (χ0n) is 11.8. The Balaban J connectivity index is 1.90. The number of rotatable bonds is 3. The van der Waals surface area contributed by atoms with Crippen LogP contribution in [0.3, 0.4) is 0 Å². The van der Waals surface area contributed by atoms with Crippen molar-refractivity contribution in [2.75, 3.05) is 6.54 Å². The molecule has 0 atom stereocenters. The molecule has 4 amide bonds. The smallest absolute Gasteiger partial charge is 0.253 e. The second kappa shape index (κ2) is 5.09. The van der Waals surface area contributed by atoms with Crippen molar-refractivity contribution in [1.82, 2.24) is 9.80 Å². The fourth-order valence-electron chi connectivity index (χ4n) is 3.65. The van der Waals surface area contributed by atoms with Gasteiger partial charge in [0.2, 0.25) is 11.8 Å². The highest BCUT2D eigenvalue weighted by Gasteiger charge is 2.49. The summed E-state index contributed by atoms with van der Waals surface area (Å²) in [6, 6.07) is 0. The van der Waals surface area contributed by atoms with E-state index in [4.69, 9.17) is 0 Å². The van der Waals surface area contributed by atoms with E-state index in [1.165, 1.54) is 17.1 Å². The number of carbonyl (C=O) groups is 4. The molecule has 0 aromatic rings. The lowest BCUT2D eigenvalue weighted by Crippen LogP contribution is -2.59. The average molecular weight is 290 g/mol. The molecule has 0 aromatic carbocycles. The lowest BCUT2D eigenvalue weighted by Gasteiger charge is -2.45. The van der Waals surface area contributed by atoms with Crippen LogP contribution in [-0.2, 0) is 19.2 Å². The van der Waals surface area contributed by atoms with Gasteiger partial charge in [0.1, 0.15) is 0 Å². The molecule has 21 heavy (non-hydrogen) atoms. The summed E-state index contributed by atoms with van der Waals surface area (Å²) in [7, 11) is 0. The van der Waals surface area contributed by atoms with Crippen LogP contribution >= 0.6 is 0 Å². The van der Waals surface area contributed by atoms with E-state index in [0.29, 0.717) is 12.8 Å². The Morgan fingerprint density at radius 3 is 1.90 bits per heavy atom. The van der Waals surface area contributed by atoms with Crippen molar-refractivity contribution in [1.29, 1.82) is 0 Å². The van der Waals surface area contributed by atoms with Crippen molar-refractivity contribution in [2.24, 2.45) is 0 Å². The van der Waals surface area contributed by atoms with Crippen molar-refractivity contribution in [3.63, 3.8) is 0 Å². The summed E-state index contributed by atoms with van der Waals surface area (Å²) in [6.45, 7) is 0.134. The van der Waals surface area contributed by atoms with Gasteiger partial charge in [0.05, 0.1) is 12.1 Å². The molecule has 6 nitrogen and oxygen atoms in total. The van der Waals surface area contributed by atoms with Gasteiger partial charge in [-0.3, -0.25) is 29.0 Å². The van der Waals surface area contributed by atoms with E-state index >= 15 is 0 Å². The maximum Gasteiger partial charge on any atom is 0.253 e. The van der Waals surface area contributed by atoms with Crippen LogP contribution in [-0.4, -0.2) is 45.5 Å². The molecule has 0 spiro atoms. The van der Waals surface area contributed by atoms with Gasteiger partial charge in [-0.05, 0) is 12.8 Å². The summed E-state index contributed by atoms with van der Waals surface area (Å²) in [4.78, 5) is 50.4. The van der Waals surface area contributed by atoms with Crippen LogP contribution in [0.4, 0.5) is 0 Å². The standard InChI is InChI=1S/C15H18N2O4/c18-11-4-5-12(19)16(11)10-15(8-2-1-3-9-15)17-13(20)6-7-14(17)21/h4-5H,1-3,6-10H2. The molecule has 0 bridgehead atoms. The first-order valence-electron chi connectivity index (χ1n) is 7.43. The predicted molar refractivity (Wildman–Crippen MR) is 72.8 cm³/mol. The molecule has 0 radical (unpaired) electrons. The molecule has 3 aliphatic rings. The highest BCUT2D eigenvalue weighted by atomic mass is 16.2. The van der Waals surface area contributed by atoms with Gasteiger partial charge in [-0.1, -0.05) is 19.3 Å². The van der Waals surface area contributed by atoms with E-state index in [1.807, 2.05) is 0 Å². The van der Waals surface area contributed by atoms with Crippen LogP contribution in [0.1, 0.15) is 44.9 Å². The Kier molecular flexibility index (Phi) is 3.39. The van der Waals surface area contributed by atoms with Crippen LogP contribution in [0.5, 0.6) is 0 Å². The molecular weight excluding hydrogens is 272 g/mol. The van der Waals surface area contributed by atoms with E-state index in [9.17, 15) is 19.2 Å². The fraction of sp³-hybridized carbons (Fsp3) is 0.600. The minimum absolute atomic E-state index is 0.134. The number of nitrogens with zero attached hydrogens (tertiary/aromatic N) is 2. The molecule has 1 saturated carbocycles. The zero-order valence-corrected chi connectivity index (χ0v) is 11.8. The SMILES string of the molecule is O=C1C=CC(=O)N1CC1(N2C(=O)CCC2=O)CCCCC1. The largest absolute Gasteiger partial charge is 0.275 e. The minimum atomic E-state index is -0.694. The molecule has 0 N–H and O–H groups in total. The Morgan fingerprint density at radius 2 is 1.38 bits per heavy atom. The second-order valence-electron chi connectivity index (χ2n) is 6.00. The lowest BCUT2D eigenvalue weighted by molar-refractivity contribution is -0.153. The fourth-order valence-corrected chi connectivity index (χ4v) is 3.65. The number of imide groups is 2. The average Bonchev–Trinajstić information content (AvgIpc) is 2.97. The molecule has 2 aliphatic heterocycles. The van der Waals surface area contributed by atoms with Crippen LogP contribution in [0, 0.1) is 0 Å². The highest BCUT2D eigenvalue weighted by molar-refractivity contribution is 6.13. The normalized spacial score (nSPS) is 25.3. The van der Waals surface area contributed by atoms with Crippen LogP contribution in [0.25, 0.3) is 0 Å². The Morgan fingerprint density at radius 1 is 0.857 bits per heavy atom. The van der Waals surface area contributed by atoms with Gasteiger partial charge < -0.3 is 0 Å². The molecule has 6 heteroatoms. The van der Waals surface area contributed by atoms with E-state index in [2.05, 4.69) is 0 Å². The van der Waals surface area contributed by atoms with Crippen molar-refractivity contribution in [2.45, 2.75) is 50.5 Å². The quantitative estimate of drug-likeness (QED) is 0.719. The number of amides is 4. The number of carbonyl (C=O) groups excluding carboxylic acids is 4. The van der Waals surface area contributed by atoms with Crippen LogP contribution < -0.4 is 0 Å². The molecule has 0 unspecified atom stereocenters. The Labute approximate surface area is 122 Å². The predicted octanol–water partition coefficient (Wildman–Crippen LogP) is 0.763. The number of hydrogen-bond acceptors (Lipinski definition) is 4. The van der Waals surface area contributed by atoms with Gasteiger partial charge in [0, 0.05) is 25.0 Å². The van der Waals surface area contributed by atoms with E-state index < -0.39 is 5.54 Å². The third-order valence-electron chi connectivity index (χ3n) is 4.66. The first-order valence-corrected chi connectivity index (χ1v) is 7.43. The molecule has 0 aromatic heterocycles. The molecule has 2 heterocycles. The van der Waals surface area contributed by atoms with Gasteiger partial charge in [-0.25, -0.2) is 0 Å². The van der Waals surface area contributed by atoms with Gasteiger partial charge in [0.25, 0.3) is 11.8 Å². The third-order valence-corrected chi connectivity index (χ3v) is 4.66. The molecular formula is C15H18N2O4. The summed E-state index contributed by atoms with van der Waals surface area (Å²) < 4.78 is 0. The lowest BCUT2D eigenvalue weighted by atomic mass is 9.79.